The Morgan fingerprint density at radius 2 is 1.61 bits per heavy atom. The summed E-state index contributed by atoms with van der Waals surface area (Å²) in [4.78, 5) is 2.18. The molecule has 0 amide bonds. The second-order valence-corrected chi connectivity index (χ2v) is 6.33. The van der Waals surface area contributed by atoms with Crippen molar-refractivity contribution in [2.75, 3.05) is 20.1 Å². The van der Waals surface area contributed by atoms with Crippen LogP contribution in [0.25, 0.3) is 0 Å². The fraction of sp³-hybridized carbons (Fsp3) is 1.00. The number of nitrogens with zero attached hydrogens (tertiary/aromatic N) is 1. The van der Waals surface area contributed by atoms with E-state index in [0.717, 1.165) is 6.54 Å². The topological polar surface area (TPSA) is 29.3 Å². The van der Waals surface area contributed by atoms with Gasteiger partial charge in [-0.2, -0.15) is 13.2 Å². The lowest BCUT2D eigenvalue weighted by atomic mass is 9.84. The Hall–Kier alpha value is -0.290. The second kappa shape index (κ2) is 5.78. The second-order valence-electron chi connectivity index (χ2n) is 6.33. The van der Waals surface area contributed by atoms with E-state index in [1.807, 2.05) is 7.05 Å². The van der Waals surface area contributed by atoms with E-state index in [4.69, 9.17) is 5.73 Å². The summed E-state index contributed by atoms with van der Waals surface area (Å²) >= 11 is 0. The van der Waals surface area contributed by atoms with Gasteiger partial charge in [0.15, 0.2) is 0 Å². The highest BCUT2D eigenvalue weighted by Crippen LogP contribution is 2.38. The molecular formula is C13H25F3N2. The predicted molar refractivity (Wildman–Crippen MR) is 67.3 cm³/mol. The van der Waals surface area contributed by atoms with E-state index < -0.39 is 12.1 Å². The Bertz CT molecular complexity index is 255. The first-order chi connectivity index (χ1) is 8.15. The Balaban J connectivity index is 2.43. The van der Waals surface area contributed by atoms with E-state index in [9.17, 15) is 13.2 Å². The summed E-state index contributed by atoms with van der Waals surface area (Å²) in [5.41, 5.74) is 5.71. The van der Waals surface area contributed by atoms with Crippen molar-refractivity contribution < 1.29 is 13.2 Å². The monoisotopic (exact) mass is 266 g/mol. The molecule has 0 bridgehead atoms. The van der Waals surface area contributed by atoms with Gasteiger partial charge in [0.25, 0.3) is 0 Å². The minimum Gasteiger partial charge on any atom is -0.330 e. The number of halogens is 3. The van der Waals surface area contributed by atoms with E-state index in [2.05, 4.69) is 18.7 Å². The fourth-order valence-electron chi connectivity index (χ4n) is 2.71. The smallest absolute Gasteiger partial charge is 0.330 e. The van der Waals surface area contributed by atoms with Crippen molar-refractivity contribution >= 4 is 0 Å². The van der Waals surface area contributed by atoms with Crippen LogP contribution < -0.4 is 5.73 Å². The van der Waals surface area contributed by atoms with Crippen LogP contribution >= 0.6 is 0 Å². The highest BCUT2D eigenvalue weighted by atomic mass is 19.4. The lowest BCUT2D eigenvalue weighted by Gasteiger charge is -2.38. The number of hydrogen-bond acceptors (Lipinski definition) is 2. The summed E-state index contributed by atoms with van der Waals surface area (Å²) in [6, 6.07) is 0.273. The average molecular weight is 266 g/mol. The minimum absolute atomic E-state index is 0.0234. The van der Waals surface area contributed by atoms with Crippen LogP contribution in [-0.4, -0.2) is 37.3 Å². The lowest BCUT2D eigenvalue weighted by Crippen LogP contribution is -2.44. The first-order valence-electron chi connectivity index (χ1n) is 6.63. The molecule has 0 aromatic heterocycles. The van der Waals surface area contributed by atoms with Crippen LogP contribution in [-0.2, 0) is 0 Å². The van der Waals surface area contributed by atoms with Crippen molar-refractivity contribution in [2.24, 2.45) is 17.1 Å². The molecule has 0 aromatic carbocycles. The van der Waals surface area contributed by atoms with Gasteiger partial charge in [0, 0.05) is 12.6 Å². The molecule has 1 rings (SSSR count). The van der Waals surface area contributed by atoms with E-state index in [0.29, 0.717) is 19.4 Å². The molecule has 0 aromatic rings. The van der Waals surface area contributed by atoms with Gasteiger partial charge >= 0.3 is 6.18 Å². The predicted octanol–water partition coefficient (Wildman–Crippen LogP) is 3.02. The summed E-state index contributed by atoms with van der Waals surface area (Å²) in [7, 11) is 2.00. The standard InChI is InChI=1S/C13H25F3N2/c1-12(2,8-17)9-18(3)11-6-4-10(5-7-11)13(14,15)16/h10-11H,4-9,17H2,1-3H3. The third kappa shape index (κ3) is 4.43. The molecule has 0 saturated heterocycles. The summed E-state index contributed by atoms with van der Waals surface area (Å²) < 4.78 is 37.7. The molecular weight excluding hydrogens is 241 g/mol. The fourth-order valence-corrected chi connectivity index (χ4v) is 2.71. The number of alkyl halides is 3. The van der Waals surface area contributed by atoms with Crippen LogP contribution in [0.3, 0.4) is 0 Å². The number of nitrogens with two attached hydrogens (primary N) is 1. The maximum Gasteiger partial charge on any atom is 0.391 e. The summed E-state index contributed by atoms with van der Waals surface area (Å²) in [6.45, 7) is 5.61. The molecule has 1 aliphatic carbocycles. The molecule has 0 unspecified atom stereocenters. The van der Waals surface area contributed by atoms with Crippen LogP contribution in [0.15, 0.2) is 0 Å². The summed E-state index contributed by atoms with van der Waals surface area (Å²) in [5, 5.41) is 0. The van der Waals surface area contributed by atoms with Crippen molar-refractivity contribution in [3.05, 3.63) is 0 Å². The SMILES string of the molecule is CN(CC(C)(C)CN)C1CCC(C(F)(F)F)CC1. The lowest BCUT2D eigenvalue weighted by molar-refractivity contribution is -0.184. The van der Waals surface area contributed by atoms with Crippen molar-refractivity contribution in [3.8, 4) is 0 Å². The van der Waals surface area contributed by atoms with Crippen LogP contribution in [0.1, 0.15) is 39.5 Å². The Kier molecular flexibility index (Phi) is 5.06. The van der Waals surface area contributed by atoms with E-state index in [1.165, 1.54) is 0 Å². The molecule has 0 spiro atoms. The molecule has 5 heteroatoms. The molecule has 1 saturated carbocycles. The minimum atomic E-state index is -4.01. The van der Waals surface area contributed by atoms with Crippen LogP contribution in [0.5, 0.6) is 0 Å². The largest absolute Gasteiger partial charge is 0.391 e. The van der Waals surface area contributed by atoms with E-state index in [-0.39, 0.29) is 24.3 Å². The molecule has 108 valence electrons. The van der Waals surface area contributed by atoms with Gasteiger partial charge in [0.1, 0.15) is 0 Å². The van der Waals surface area contributed by atoms with Crippen molar-refractivity contribution in [3.63, 3.8) is 0 Å². The zero-order valence-electron chi connectivity index (χ0n) is 11.6. The van der Waals surface area contributed by atoms with Crippen LogP contribution in [0.4, 0.5) is 13.2 Å². The maximum absolute atomic E-state index is 12.6. The molecule has 0 atom stereocenters. The van der Waals surface area contributed by atoms with Gasteiger partial charge in [-0.1, -0.05) is 13.8 Å². The molecule has 0 heterocycles. The van der Waals surface area contributed by atoms with E-state index in [1.54, 1.807) is 0 Å². The van der Waals surface area contributed by atoms with Crippen LogP contribution in [0, 0.1) is 11.3 Å². The Morgan fingerprint density at radius 1 is 1.11 bits per heavy atom. The van der Waals surface area contributed by atoms with Gasteiger partial charge in [0.2, 0.25) is 0 Å². The van der Waals surface area contributed by atoms with E-state index >= 15 is 0 Å². The first-order valence-corrected chi connectivity index (χ1v) is 6.63. The third-order valence-corrected chi connectivity index (χ3v) is 4.01. The number of rotatable bonds is 4. The van der Waals surface area contributed by atoms with Gasteiger partial charge in [-0.15, -0.1) is 0 Å². The molecule has 18 heavy (non-hydrogen) atoms. The summed E-state index contributed by atoms with van der Waals surface area (Å²) in [5.74, 6) is -1.09. The van der Waals surface area contributed by atoms with Gasteiger partial charge in [-0.05, 0) is 44.7 Å². The first kappa shape index (κ1) is 15.8. The highest BCUT2D eigenvalue weighted by Gasteiger charge is 2.42. The highest BCUT2D eigenvalue weighted by molar-refractivity contribution is 4.84. The van der Waals surface area contributed by atoms with Gasteiger partial charge in [-0.25, -0.2) is 0 Å². The summed E-state index contributed by atoms with van der Waals surface area (Å²) in [6.07, 6.45) is -2.20. The zero-order chi connectivity index (χ0) is 14.0. The molecule has 1 fully saturated rings. The molecule has 2 N–H and O–H groups in total. The maximum atomic E-state index is 12.6. The van der Waals surface area contributed by atoms with Crippen LogP contribution in [0.2, 0.25) is 0 Å². The zero-order valence-corrected chi connectivity index (χ0v) is 11.6. The molecule has 0 aliphatic heterocycles. The number of hydrogen-bond donors (Lipinski definition) is 1. The normalized spacial score (nSPS) is 26.7. The van der Waals surface area contributed by atoms with Crippen molar-refractivity contribution in [1.29, 1.82) is 0 Å². The van der Waals surface area contributed by atoms with Crippen molar-refractivity contribution in [1.82, 2.24) is 4.90 Å². The van der Waals surface area contributed by atoms with Gasteiger partial charge < -0.3 is 10.6 Å². The molecule has 0 radical (unpaired) electrons. The quantitative estimate of drug-likeness (QED) is 0.847. The van der Waals surface area contributed by atoms with Gasteiger partial charge in [0.05, 0.1) is 5.92 Å². The third-order valence-electron chi connectivity index (χ3n) is 4.01. The van der Waals surface area contributed by atoms with Gasteiger partial charge in [-0.3, -0.25) is 0 Å². The molecule has 2 nitrogen and oxygen atoms in total. The van der Waals surface area contributed by atoms with Crippen molar-refractivity contribution in [2.45, 2.75) is 51.7 Å². The Morgan fingerprint density at radius 3 is 2.00 bits per heavy atom. The molecule has 1 aliphatic rings. The Labute approximate surface area is 108 Å². The average Bonchev–Trinajstić information content (AvgIpc) is 2.27.